The van der Waals surface area contributed by atoms with Crippen LogP contribution in [-0.2, 0) is 6.42 Å². The Morgan fingerprint density at radius 2 is 1.95 bits per heavy atom. The molecule has 0 aliphatic carbocycles. The zero-order valence-electron chi connectivity index (χ0n) is 12.9. The van der Waals surface area contributed by atoms with Gasteiger partial charge in [-0.25, -0.2) is 4.39 Å². The number of rotatable bonds is 8. The summed E-state index contributed by atoms with van der Waals surface area (Å²) in [5.41, 5.74) is 7.62. The van der Waals surface area contributed by atoms with Crippen molar-refractivity contribution in [1.29, 1.82) is 0 Å². The third kappa shape index (κ3) is 5.14. The Balaban J connectivity index is 2.83. The highest BCUT2D eigenvalue weighted by Gasteiger charge is 2.11. The first-order valence-corrected chi connectivity index (χ1v) is 7.59. The number of nitrogens with two attached hydrogens (primary N) is 1. The molecule has 0 saturated heterocycles. The summed E-state index contributed by atoms with van der Waals surface area (Å²) in [4.78, 5) is 0. The second-order valence-electron chi connectivity index (χ2n) is 5.20. The van der Waals surface area contributed by atoms with Crippen molar-refractivity contribution in [3.05, 3.63) is 46.5 Å². The Bertz CT molecular complexity index is 480. The number of hydrogen-bond acceptors (Lipinski definition) is 3. The molecule has 4 heteroatoms. The highest BCUT2D eigenvalue weighted by atomic mass is 19.1. The summed E-state index contributed by atoms with van der Waals surface area (Å²) in [7, 11) is 0. The lowest BCUT2D eigenvalue weighted by atomic mass is 9.99. The maximum atomic E-state index is 13.8. The van der Waals surface area contributed by atoms with E-state index < -0.39 is 6.10 Å². The van der Waals surface area contributed by atoms with E-state index in [9.17, 15) is 14.6 Å². The summed E-state index contributed by atoms with van der Waals surface area (Å²) < 4.78 is 13.8. The predicted molar refractivity (Wildman–Crippen MR) is 83.6 cm³/mol. The Labute approximate surface area is 126 Å². The van der Waals surface area contributed by atoms with Crippen LogP contribution in [0, 0.1) is 5.82 Å². The third-order valence-corrected chi connectivity index (χ3v) is 3.79. The molecular weight excluding hydrogens is 269 g/mol. The van der Waals surface area contributed by atoms with Crippen molar-refractivity contribution in [2.45, 2.75) is 52.1 Å². The molecule has 4 N–H and O–H groups in total. The minimum Gasteiger partial charge on any atom is -0.512 e. The van der Waals surface area contributed by atoms with Crippen molar-refractivity contribution in [2.75, 3.05) is 6.54 Å². The van der Waals surface area contributed by atoms with Crippen molar-refractivity contribution in [1.82, 2.24) is 0 Å². The molecule has 0 spiro atoms. The van der Waals surface area contributed by atoms with Crippen molar-refractivity contribution in [3.8, 4) is 0 Å². The largest absolute Gasteiger partial charge is 0.512 e. The van der Waals surface area contributed by atoms with Crippen LogP contribution in [0.3, 0.4) is 0 Å². The van der Waals surface area contributed by atoms with Crippen LogP contribution < -0.4 is 5.73 Å². The number of allylic oxidation sites excluding steroid dienone is 2. The fourth-order valence-electron chi connectivity index (χ4n) is 2.41. The van der Waals surface area contributed by atoms with Gasteiger partial charge in [-0.3, -0.25) is 0 Å². The molecule has 0 bridgehead atoms. The minimum atomic E-state index is -0.666. The number of aliphatic hydroxyl groups is 2. The Morgan fingerprint density at radius 1 is 1.29 bits per heavy atom. The van der Waals surface area contributed by atoms with E-state index in [2.05, 4.69) is 0 Å². The first kappa shape index (κ1) is 17.7. The Kier molecular flexibility index (Phi) is 7.40. The highest BCUT2D eigenvalue weighted by molar-refractivity contribution is 5.27. The van der Waals surface area contributed by atoms with Gasteiger partial charge in [0.15, 0.2) is 0 Å². The quantitative estimate of drug-likeness (QED) is 0.639. The average Bonchev–Trinajstić information content (AvgIpc) is 2.47. The summed E-state index contributed by atoms with van der Waals surface area (Å²) in [6, 6.07) is 4.62. The lowest BCUT2D eigenvalue weighted by Gasteiger charge is -2.12. The molecule has 1 rings (SSSR count). The van der Waals surface area contributed by atoms with Crippen molar-refractivity contribution in [2.24, 2.45) is 5.73 Å². The average molecular weight is 295 g/mol. The first-order chi connectivity index (χ1) is 10.0. The number of halogens is 1. The maximum absolute atomic E-state index is 13.8. The number of aliphatic hydroxyl groups excluding tert-OH is 2. The molecule has 1 unspecified atom stereocenters. The van der Waals surface area contributed by atoms with E-state index in [0.29, 0.717) is 42.7 Å². The van der Waals surface area contributed by atoms with E-state index in [-0.39, 0.29) is 5.82 Å². The van der Waals surface area contributed by atoms with Crippen LogP contribution in [0.1, 0.15) is 56.8 Å². The van der Waals surface area contributed by atoms with Crippen LogP contribution in [0.4, 0.5) is 4.39 Å². The van der Waals surface area contributed by atoms with Crippen molar-refractivity contribution >= 4 is 0 Å². The molecule has 0 heterocycles. The summed E-state index contributed by atoms with van der Waals surface area (Å²) in [5, 5.41) is 19.9. The summed E-state index contributed by atoms with van der Waals surface area (Å²) in [5.74, 6) is 0.0494. The molecular formula is C17H26FNO2. The molecule has 0 aliphatic heterocycles. The van der Waals surface area contributed by atoms with E-state index in [4.69, 9.17) is 5.73 Å². The van der Waals surface area contributed by atoms with Crippen LogP contribution in [-0.4, -0.2) is 16.8 Å². The van der Waals surface area contributed by atoms with Crippen LogP contribution in [0.25, 0.3) is 0 Å². The van der Waals surface area contributed by atoms with Gasteiger partial charge in [0.1, 0.15) is 5.82 Å². The van der Waals surface area contributed by atoms with Crippen LogP contribution in [0.2, 0.25) is 0 Å². The van der Waals surface area contributed by atoms with Gasteiger partial charge < -0.3 is 15.9 Å². The van der Waals surface area contributed by atoms with Gasteiger partial charge in [0.25, 0.3) is 0 Å². The molecule has 21 heavy (non-hydrogen) atoms. The lowest BCUT2D eigenvalue weighted by Crippen LogP contribution is -2.07. The first-order valence-electron chi connectivity index (χ1n) is 7.59. The maximum Gasteiger partial charge on any atom is 0.126 e. The topological polar surface area (TPSA) is 66.5 Å². The molecule has 3 nitrogen and oxygen atoms in total. The smallest absolute Gasteiger partial charge is 0.126 e. The molecule has 0 aromatic heterocycles. The molecule has 0 fully saturated rings. The molecule has 1 aromatic rings. The summed E-state index contributed by atoms with van der Waals surface area (Å²) in [6.07, 6.45) is 2.24. The van der Waals surface area contributed by atoms with Gasteiger partial charge in [0.2, 0.25) is 0 Å². The van der Waals surface area contributed by atoms with Crippen LogP contribution >= 0.6 is 0 Å². The second kappa shape index (κ2) is 8.80. The number of hydrogen-bond donors (Lipinski definition) is 3. The minimum absolute atomic E-state index is 0.305. The molecule has 0 aliphatic rings. The monoisotopic (exact) mass is 295 g/mol. The standard InChI is InChI=1S/C17H26FNO2/c1-3-12(4-2)16(20)8-6-13-11-14(5-7-15(13)18)17(21)9-10-19/h5,7,11,17,20-21H,3-4,6,8-10,19H2,1-2H3. The molecule has 0 amide bonds. The zero-order valence-corrected chi connectivity index (χ0v) is 12.9. The zero-order chi connectivity index (χ0) is 15.8. The van der Waals surface area contributed by atoms with Gasteiger partial charge in [0.05, 0.1) is 11.9 Å². The molecule has 0 radical (unpaired) electrons. The van der Waals surface area contributed by atoms with E-state index in [1.165, 1.54) is 6.07 Å². The molecule has 0 saturated carbocycles. The Hall–Kier alpha value is -1.39. The van der Waals surface area contributed by atoms with E-state index >= 15 is 0 Å². The number of benzene rings is 1. The normalized spacial score (nSPS) is 12.2. The van der Waals surface area contributed by atoms with Crippen molar-refractivity contribution in [3.63, 3.8) is 0 Å². The third-order valence-electron chi connectivity index (χ3n) is 3.79. The molecule has 118 valence electrons. The lowest BCUT2D eigenvalue weighted by molar-refractivity contribution is 0.170. The molecule has 1 atom stereocenters. The van der Waals surface area contributed by atoms with Gasteiger partial charge >= 0.3 is 0 Å². The van der Waals surface area contributed by atoms with Gasteiger partial charge in [-0.05, 0) is 55.0 Å². The molecule has 1 aromatic carbocycles. The van der Waals surface area contributed by atoms with Crippen LogP contribution in [0.5, 0.6) is 0 Å². The van der Waals surface area contributed by atoms with Gasteiger partial charge in [0, 0.05) is 6.42 Å². The number of aryl methyl sites for hydroxylation is 1. The summed E-state index contributed by atoms with van der Waals surface area (Å²) >= 11 is 0. The van der Waals surface area contributed by atoms with Gasteiger partial charge in [-0.15, -0.1) is 0 Å². The second-order valence-corrected chi connectivity index (χ2v) is 5.20. The predicted octanol–water partition coefficient (Wildman–Crippen LogP) is 3.77. The van der Waals surface area contributed by atoms with Crippen molar-refractivity contribution < 1.29 is 14.6 Å². The fourth-order valence-corrected chi connectivity index (χ4v) is 2.41. The van der Waals surface area contributed by atoms with E-state index in [1.54, 1.807) is 12.1 Å². The van der Waals surface area contributed by atoms with E-state index in [1.807, 2.05) is 13.8 Å². The Morgan fingerprint density at radius 3 is 2.52 bits per heavy atom. The van der Waals surface area contributed by atoms with E-state index in [0.717, 1.165) is 18.4 Å². The summed E-state index contributed by atoms with van der Waals surface area (Å²) in [6.45, 7) is 4.38. The fraction of sp³-hybridized carbons (Fsp3) is 0.529. The van der Waals surface area contributed by atoms with Gasteiger partial charge in [-0.2, -0.15) is 0 Å². The van der Waals surface area contributed by atoms with Gasteiger partial charge in [-0.1, -0.05) is 26.0 Å². The SMILES string of the molecule is CCC(CC)=C(O)CCc1cc(C(O)CCN)ccc1F. The van der Waals surface area contributed by atoms with Crippen LogP contribution in [0.15, 0.2) is 29.5 Å². The highest BCUT2D eigenvalue weighted by Crippen LogP contribution is 2.22.